The molecule has 1 saturated heterocycles. The maximum absolute atomic E-state index is 5.69. The van der Waals surface area contributed by atoms with Gasteiger partial charge in [-0.2, -0.15) is 0 Å². The lowest BCUT2D eigenvalue weighted by molar-refractivity contribution is -0.0909. The van der Waals surface area contributed by atoms with Crippen LogP contribution in [0.3, 0.4) is 0 Å². The summed E-state index contributed by atoms with van der Waals surface area (Å²) in [7, 11) is 1.68. The zero-order valence-corrected chi connectivity index (χ0v) is 9.29. The van der Waals surface area contributed by atoms with Crippen molar-refractivity contribution in [2.45, 2.75) is 32.2 Å². The molecule has 0 bridgehead atoms. The summed E-state index contributed by atoms with van der Waals surface area (Å²) in [5.41, 5.74) is 0. The molecule has 0 aliphatic carbocycles. The molecule has 0 aromatic rings. The Morgan fingerprint density at radius 3 is 2.93 bits per heavy atom. The van der Waals surface area contributed by atoms with Gasteiger partial charge in [-0.25, -0.2) is 0 Å². The smallest absolute Gasteiger partial charge is 0.0936 e. The Bertz CT molecular complexity index is 154. The lowest BCUT2D eigenvalue weighted by Gasteiger charge is -2.29. The van der Waals surface area contributed by atoms with Gasteiger partial charge in [-0.15, -0.1) is 0 Å². The highest BCUT2D eigenvalue weighted by molar-refractivity contribution is 4.71. The molecule has 1 N–H and O–H groups in total. The van der Waals surface area contributed by atoms with Crippen LogP contribution in [0.2, 0.25) is 0 Å². The van der Waals surface area contributed by atoms with Crippen molar-refractivity contribution in [1.29, 1.82) is 0 Å². The molecule has 0 spiro atoms. The zero-order valence-electron chi connectivity index (χ0n) is 9.29. The van der Waals surface area contributed by atoms with Crippen LogP contribution in [0.15, 0.2) is 0 Å². The molecule has 0 radical (unpaired) electrons. The number of rotatable bonds is 5. The molecule has 0 amide bonds. The van der Waals surface area contributed by atoms with E-state index in [2.05, 4.69) is 12.2 Å². The molecule has 4 heteroatoms. The van der Waals surface area contributed by atoms with E-state index in [1.54, 1.807) is 7.11 Å². The highest BCUT2D eigenvalue weighted by atomic mass is 16.6. The lowest BCUT2D eigenvalue weighted by Crippen LogP contribution is -2.45. The number of methoxy groups -OCH3 is 1. The number of hydrogen-bond acceptors (Lipinski definition) is 4. The molecule has 0 aromatic heterocycles. The molecule has 1 heterocycles. The Kier molecular flexibility index (Phi) is 5.40. The summed E-state index contributed by atoms with van der Waals surface area (Å²) in [5.74, 6) is 0. The topological polar surface area (TPSA) is 39.7 Å². The number of hydrogen-bond donors (Lipinski definition) is 1. The molecule has 1 aliphatic heterocycles. The van der Waals surface area contributed by atoms with Crippen LogP contribution in [0.25, 0.3) is 0 Å². The standard InChI is InChI=1S/C10H21NO3/c1-8-4-11-5-10(14-8)7-13-9(2)6-12-3/h8-11H,4-7H2,1-3H3. The van der Waals surface area contributed by atoms with Gasteiger partial charge in [0.15, 0.2) is 0 Å². The molecular weight excluding hydrogens is 182 g/mol. The predicted octanol–water partition coefficient (Wildman–Crippen LogP) is 0.415. The summed E-state index contributed by atoms with van der Waals surface area (Å²) in [5, 5.41) is 3.30. The van der Waals surface area contributed by atoms with Crippen molar-refractivity contribution in [3.05, 3.63) is 0 Å². The molecule has 14 heavy (non-hydrogen) atoms. The van der Waals surface area contributed by atoms with Gasteiger partial charge in [-0.1, -0.05) is 0 Å². The van der Waals surface area contributed by atoms with Crippen LogP contribution in [0.4, 0.5) is 0 Å². The summed E-state index contributed by atoms with van der Waals surface area (Å²) in [6, 6.07) is 0. The second-order valence-electron chi connectivity index (χ2n) is 3.83. The summed E-state index contributed by atoms with van der Waals surface area (Å²) in [6.07, 6.45) is 0.606. The third-order valence-corrected chi connectivity index (χ3v) is 2.20. The van der Waals surface area contributed by atoms with E-state index in [0.717, 1.165) is 13.1 Å². The van der Waals surface area contributed by atoms with E-state index >= 15 is 0 Å². The van der Waals surface area contributed by atoms with E-state index in [9.17, 15) is 0 Å². The maximum Gasteiger partial charge on any atom is 0.0936 e. The van der Waals surface area contributed by atoms with E-state index in [0.29, 0.717) is 13.2 Å². The number of nitrogens with one attached hydrogen (secondary N) is 1. The van der Waals surface area contributed by atoms with Gasteiger partial charge in [0.1, 0.15) is 0 Å². The molecule has 1 aliphatic rings. The Morgan fingerprint density at radius 2 is 2.29 bits per heavy atom. The monoisotopic (exact) mass is 203 g/mol. The summed E-state index contributed by atoms with van der Waals surface area (Å²) in [6.45, 7) is 7.16. The van der Waals surface area contributed by atoms with Crippen LogP contribution in [-0.4, -0.2) is 51.7 Å². The minimum Gasteiger partial charge on any atom is -0.382 e. The van der Waals surface area contributed by atoms with Gasteiger partial charge in [0.05, 0.1) is 31.5 Å². The van der Waals surface area contributed by atoms with Crippen molar-refractivity contribution in [2.24, 2.45) is 0 Å². The van der Waals surface area contributed by atoms with Gasteiger partial charge in [0, 0.05) is 20.2 Å². The van der Waals surface area contributed by atoms with Crippen molar-refractivity contribution in [3.8, 4) is 0 Å². The summed E-state index contributed by atoms with van der Waals surface area (Å²) >= 11 is 0. The van der Waals surface area contributed by atoms with Crippen molar-refractivity contribution in [1.82, 2.24) is 5.32 Å². The first-order valence-corrected chi connectivity index (χ1v) is 5.19. The van der Waals surface area contributed by atoms with Gasteiger partial charge in [-0.3, -0.25) is 0 Å². The fraction of sp³-hybridized carbons (Fsp3) is 1.00. The molecule has 84 valence electrons. The minimum absolute atomic E-state index is 0.140. The van der Waals surface area contributed by atoms with Gasteiger partial charge >= 0.3 is 0 Å². The molecule has 3 unspecified atom stereocenters. The maximum atomic E-state index is 5.69. The number of morpholine rings is 1. The fourth-order valence-corrected chi connectivity index (χ4v) is 1.52. The second-order valence-corrected chi connectivity index (χ2v) is 3.83. The van der Waals surface area contributed by atoms with Gasteiger partial charge < -0.3 is 19.5 Å². The molecule has 1 rings (SSSR count). The minimum atomic E-state index is 0.140. The molecule has 1 fully saturated rings. The molecule has 3 atom stereocenters. The van der Waals surface area contributed by atoms with Crippen molar-refractivity contribution >= 4 is 0 Å². The van der Waals surface area contributed by atoms with Crippen molar-refractivity contribution in [3.63, 3.8) is 0 Å². The van der Waals surface area contributed by atoms with Crippen LogP contribution < -0.4 is 5.32 Å². The first-order valence-electron chi connectivity index (χ1n) is 5.19. The zero-order chi connectivity index (χ0) is 10.4. The molecule has 0 saturated carbocycles. The average molecular weight is 203 g/mol. The third-order valence-electron chi connectivity index (χ3n) is 2.20. The first kappa shape index (κ1) is 11.9. The predicted molar refractivity (Wildman–Crippen MR) is 54.5 cm³/mol. The van der Waals surface area contributed by atoms with Gasteiger partial charge in [0.2, 0.25) is 0 Å². The first-order chi connectivity index (χ1) is 6.72. The lowest BCUT2D eigenvalue weighted by atomic mass is 10.2. The Labute approximate surface area is 85.9 Å². The Balaban J connectivity index is 2.10. The van der Waals surface area contributed by atoms with E-state index in [1.807, 2.05) is 6.92 Å². The SMILES string of the molecule is COCC(C)OCC1CNCC(C)O1. The highest BCUT2D eigenvalue weighted by Gasteiger charge is 2.19. The fourth-order valence-electron chi connectivity index (χ4n) is 1.52. The Morgan fingerprint density at radius 1 is 1.50 bits per heavy atom. The normalized spacial score (nSPS) is 30.2. The van der Waals surface area contributed by atoms with Crippen LogP contribution in [-0.2, 0) is 14.2 Å². The highest BCUT2D eigenvalue weighted by Crippen LogP contribution is 2.04. The van der Waals surface area contributed by atoms with E-state index in [-0.39, 0.29) is 18.3 Å². The van der Waals surface area contributed by atoms with Crippen LogP contribution >= 0.6 is 0 Å². The molecule has 0 aromatic carbocycles. The average Bonchev–Trinajstić information content (AvgIpc) is 2.15. The van der Waals surface area contributed by atoms with E-state index < -0.39 is 0 Å². The third kappa shape index (κ3) is 4.37. The van der Waals surface area contributed by atoms with Crippen LogP contribution in [0.5, 0.6) is 0 Å². The van der Waals surface area contributed by atoms with Crippen molar-refractivity contribution in [2.75, 3.05) is 33.4 Å². The van der Waals surface area contributed by atoms with Gasteiger partial charge in [-0.05, 0) is 13.8 Å². The Hall–Kier alpha value is -0.160. The van der Waals surface area contributed by atoms with E-state index in [1.165, 1.54) is 0 Å². The molecule has 4 nitrogen and oxygen atoms in total. The summed E-state index contributed by atoms with van der Waals surface area (Å²) in [4.78, 5) is 0. The van der Waals surface area contributed by atoms with Crippen molar-refractivity contribution < 1.29 is 14.2 Å². The summed E-state index contributed by atoms with van der Waals surface area (Å²) < 4.78 is 16.2. The van der Waals surface area contributed by atoms with E-state index in [4.69, 9.17) is 14.2 Å². The van der Waals surface area contributed by atoms with Crippen LogP contribution in [0, 0.1) is 0 Å². The molecular formula is C10H21NO3. The van der Waals surface area contributed by atoms with Crippen LogP contribution in [0.1, 0.15) is 13.8 Å². The quantitative estimate of drug-likeness (QED) is 0.703. The second kappa shape index (κ2) is 6.35. The largest absolute Gasteiger partial charge is 0.382 e. The number of ether oxygens (including phenoxy) is 3. The van der Waals surface area contributed by atoms with Gasteiger partial charge in [0.25, 0.3) is 0 Å².